The first-order valence-electron chi connectivity index (χ1n) is 8.64. The van der Waals surface area contributed by atoms with E-state index in [-0.39, 0.29) is 5.43 Å². The van der Waals surface area contributed by atoms with E-state index in [4.69, 9.17) is 14.2 Å². The van der Waals surface area contributed by atoms with Crippen molar-refractivity contribution in [2.75, 3.05) is 33.5 Å². The van der Waals surface area contributed by atoms with Gasteiger partial charge in [-0.15, -0.1) is 0 Å². The van der Waals surface area contributed by atoms with Crippen LogP contribution in [0.25, 0.3) is 10.9 Å². The van der Waals surface area contributed by atoms with Crippen molar-refractivity contribution in [3.8, 4) is 5.75 Å². The molecule has 0 saturated heterocycles. The number of pyridine rings is 1. The van der Waals surface area contributed by atoms with Gasteiger partial charge in [0.25, 0.3) is 0 Å². The summed E-state index contributed by atoms with van der Waals surface area (Å²) in [5, 5.41) is 0.739. The maximum atomic E-state index is 12.0. The zero-order valence-electron chi connectivity index (χ0n) is 14.9. The van der Waals surface area contributed by atoms with Gasteiger partial charge >= 0.3 is 0 Å². The van der Waals surface area contributed by atoms with Crippen LogP contribution in [0.5, 0.6) is 5.75 Å². The van der Waals surface area contributed by atoms with E-state index >= 15 is 0 Å². The van der Waals surface area contributed by atoms with E-state index in [0.29, 0.717) is 33.0 Å². The summed E-state index contributed by atoms with van der Waals surface area (Å²) < 4.78 is 18.0. The van der Waals surface area contributed by atoms with E-state index in [9.17, 15) is 4.79 Å². The molecule has 0 aliphatic carbocycles. The second-order valence-electron chi connectivity index (χ2n) is 5.92. The van der Waals surface area contributed by atoms with Crippen molar-refractivity contribution >= 4 is 10.9 Å². The number of para-hydroxylation sites is 1. The van der Waals surface area contributed by atoms with Gasteiger partial charge in [-0.3, -0.25) is 4.79 Å². The fraction of sp³-hybridized carbons (Fsp3) is 0.286. The van der Waals surface area contributed by atoms with Gasteiger partial charge in [-0.05, 0) is 29.8 Å². The number of methoxy groups -OCH3 is 1. The molecule has 0 fully saturated rings. The predicted octanol–water partition coefficient (Wildman–Crippen LogP) is 3.09. The zero-order valence-corrected chi connectivity index (χ0v) is 14.9. The van der Waals surface area contributed by atoms with Gasteiger partial charge in [0.15, 0.2) is 5.43 Å². The molecule has 1 heterocycles. The summed E-state index contributed by atoms with van der Waals surface area (Å²) in [4.78, 5) is 12.0. The van der Waals surface area contributed by atoms with Gasteiger partial charge in [0.05, 0.1) is 25.3 Å². The summed E-state index contributed by atoms with van der Waals surface area (Å²) in [7, 11) is 1.65. The Morgan fingerprint density at radius 3 is 2.46 bits per heavy atom. The number of fused-ring (bicyclic) bond motifs is 1. The molecule has 26 heavy (non-hydrogen) atoms. The normalized spacial score (nSPS) is 11.0. The van der Waals surface area contributed by atoms with Crippen molar-refractivity contribution in [2.24, 2.45) is 0 Å². The highest BCUT2D eigenvalue weighted by Gasteiger charge is 2.03. The van der Waals surface area contributed by atoms with Crippen LogP contribution in [0.1, 0.15) is 5.56 Å². The number of benzene rings is 2. The Morgan fingerprint density at radius 2 is 1.65 bits per heavy atom. The van der Waals surface area contributed by atoms with Gasteiger partial charge in [-0.2, -0.15) is 0 Å². The Hall–Kier alpha value is -2.63. The minimum Gasteiger partial charge on any atom is -0.491 e. The summed E-state index contributed by atoms with van der Waals surface area (Å²) in [6, 6.07) is 17.3. The maximum absolute atomic E-state index is 12.0. The van der Waals surface area contributed by atoms with Crippen molar-refractivity contribution in [1.82, 2.24) is 4.57 Å². The smallest absolute Gasteiger partial charge is 0.189 e. The average Bonchev–Trinajstić information content (AvgIpc) is 2.68. The van der Waals surface area contributed by atoms with Crippen LogP contribution in [-0.4, -0.2) is 38.1 Å². The van der Waals surface area contributed by atoms with Crippen molar-refractivity contribution in [1.29, 1.82) is 0 Å². The van der Waals surface area contributed by atoms with E-state index in [1.807, 2.05) is 54.7 Å². The van der Waals surface area contributed by atoms with Crippen LogP contribution in [-0.2, 0) is 16.0 Å². The highest BCUT2D eigenvalue weighted by Crippen LogP contribution is 2.15. The standard InChI is InChI=1S/C21H23NO4/c1-24-12-13-25-14-15-26-18-8-6-17(7-9-18)16-22-11-10-21(23)19-4-2-3-5-20(19)22/h2-11H,12-16H2,1H3. The zero-order chi connectivity index (χ0) is 18.2. The van der Waals surface area contributed by atoms with Gasteiger partial charge in [0.1, 0.15) is 12.4 Å². The van der Waals surface area contributed by atoms with Crippen molar-refractivity contribution in [2.45, 2.75) is 6.54 Å². The molecule has 0 aliphatic rings. The second-order valence-corrected chi connectivity index (χ2v) is 5.92. The number of hydrogen-bond donors (Lipinski definition) is 0. The van der Waals surface area contributed by atoms with Crippen LogP contribution in [0.15, 0.2) is 65.6 Å². The molecule has 0 spiro atoms. The molecule has 0 saturated carbocycles. The lowest BCUT2D eigenvalue weighted by Crippen LogP contribution is -2.10. The fourth-order valence-electron chi connectivity index (χ4n) is 2.75. The SMILES string of the molecule is COCCOCCOc1ccc(Cn2ccc(=O)c3ccccc32)cc1. The molecule has 136 valence electrons. The molecule has 0 aliphatic heterocycles. The number of aromatic nitrogens is 1. The molecule has 5 nitrogen and oxygen atoms in total. The monoisotopic (exact) mass is 353 g/mol. The summed E-state index contributed by atoms with van der Waals surface area (Å²) >= 11 is 0. The lowest BCUT2D eigenvalue weighted by molar-refractivity contribution is 0.0544. The topological polar surface area (TPSA) is 49.7 Å². The molecule has 0 bridgehead atoms. The van der Waals surface area contributed by atoms with Crippen LogP contribution in [0.3, 0.4) is 0 Å². The number of ether oxygens (including phenoxy) is 3. The Kier molecular flexibility index (Phi) is 6.41. The van der Waals surface area contributed by atoms with Crippen LogP contribution < -0.4 is 10.2 Å². The minimum absolute atomic E-state index is 0.0494. The second kappa shape index (κ2) is 9.17. The molecule has 2 aromatic carbocycles. The quantitative estimate of drug-likeness (QED) is 0.555. The van der Waals surface area contributed by atoms with E-state index in [0.717, 1.165) is 22.2 Å². The van der Waals surface area contributed by atoms with E-state index < -0.39 is 0 Å². The lowest BCUT2D eigenvalue weighted by Gasteiger charge is -2.12. The van der Waals surface area contributed by atoms with Crippen molar-refractivity contribution in [3.05, 3.63) is 76.6 Å². The Bertz CT molecular complexity index is 886. The summed E-state index contributed by atoms with van der Waals surface area (Å²) in [6.45, 7) is 2.91. The first-order valence-corrected chi connectivity index (χ1v) is 8.64. The van der Waals surface area contributed by atoms with Gasteiger partial charge in [-0.1, -0.05) is 24.3 Å². The summed E-state index contributed by atoms with van der Waals surface area (Å²) in [6.07, 6.45) is 1.84. The van der Waals surface area contributed by atoms with Crippen LogP contribution >= 0.6 is 0 Å². The Morgan fingerprint density at radius 1 is 0.885 bits per heavy atom. The lowest BCUT2D eigenvalue weighted by atomic mass is 10.1. The third-order valence-electron chi connectivity index (χ3n) is 4.09. The molecule has 0 N–H and O–H groups in total. The third kappa shape index (κ3) is 4.71. The Balaban J connectivity index is 1.60. The van der Waals surface area contributed by atoms with E-state index in [1.54, 1.807) is 13.2 Å². The van der Waals surface area contributed by atoms with Crippen LogP contribution in [0, 0.1) is 0 Å². The van der Waals surface area contributed by atoms with E-state index in [2.05, 4.69) is 4.57 Å². The number of rotatable bonds is 9. The molecule has 3 rings (SSSR count). The van der Waals surface area contributed by atoms with Crippen molar-refractivity contribution in [3.63, 3.8) is 0 Å². The third-order valence-corrected chi connectivity index (χ3v) is 4.09. The highest BCUT2D eigenvalue weighted by atomic mass is 16.5. The molecular formula is C21H23NO4. The van der Waals surface area contributed by atoms with Gasteiger partial charge in [0.2, 0.25) is 0 Å². The van der Waals surface area contributed by atoms with Gasteiger partial charge in [0, 0.05) is 31.3 Å². The molecule has 0 amide bonds. The molecule has 0 radical (unpaired) electrons. The number of hydrogen-bond acceptors (Lipinski definition) is 4. The maximum Gasteiger partial charge on any atom is 0.189 e. The average molecular weight is 353 g/mol. The Labute approximate surface area is 152 Å². The first-order chi connectivity index (χ1) is 12.8. The first kappa shape index (κ1) is 18.2. The van der Waals surface area contributed by atoms with Crippen LogP contribution in [0.2, 0.25) is 0 Å². The summed E-state index contributed by atoms with van der Waals surface area (Å²) in [5.74, 6) is 0.814. The molecule has 3 aromatic rings. The predicted molar refractivity (Wildman–Crippen MR) is 102 cm³/mol. The fourth-order valence-corrected chi connectivity index (χ4v) is 2.75. The molecular weight excluding hydrogens is 330 g/mol. The van der Waals surface area contributed by atoms with Crippen molar-refractivity contribution < 1.29 is 14.2 Å². The largest absolute Gasteiger partial charge is 0.491 e. The molecule has 5 heteroatoms. The van der Waals surface area contributed by atoms with Gasteiger partial charge < -0.3 is 18.8 Å². The minimum atomic E-state index is 0.0494. The summed E-state index contributed by atoms with van der Waals surface area (Å²) in [5.41, 5.74) is 2.13. The van der Waals surface area contributed by atoms with Gasteiger partial charge in [-0.25, -0.2) is 0 Å². The van der Waals surface area contributed by atoms with Crippen LogP contribution in [0.4, 0.5) is 0 Å². The van der Waals surface area contributed by atoms with E-state index in [1.165, 1.54) is 0 Å². The molecule has 0 atom stereocenters. The number of nitrogens with zero attached hydrogens (tertiary/aromatic N) is 1. The highest BCUT2D eigenvalue weighted by molar-refractivity contribution is 5.78. The molecule has 1 aromatic heterocycles. The molecule has 0 unspecified atom stereocenters.